The van der Waals surface area contributed by atoms with Crippen molar-refractivity contribution in [2.24, 2.45) is 0 Å². The fourth-order valence-corrected chi connectivity index (χ4v) is 3.26. The second-order valence-corrected chi connectivity index (χ2v) is 10.2. The Hall–Kier alpha value is -2.22. The summed E-state index contributed by atoms with van der Waals surface area (Å²) in [6.45, 7) is 8.95. The maximum Gasteiger partial charge on any atom is 0.416 e. The van der Waals surface area contributed by atoms with Gasteiger partial charge in [-0.15, -0.1) is 0 Å². The highest BCUT2D eigenvalue weighted by molar-refractivity contribution is 7.94. The minimum absolute atomic E-state index is 0.407. The van der Waals surface area contributed by atoms with Gasteiger partial charge in [-0.3, -0.25) is 4.72 Å². The molecule has 154 valence electrons. The molecule has 0 atom stereocenters. The summed E-state index contributed by atoms with van der Waals surface area (Å²) in [6.07, 6.45) is -4.36. The molecule has 2 aromatic rings. The van der Waals surface area contributed by atoms with Crippen LogP contribution in [0.2, 0.25) is 0 Å². The summed E-state index contributed by atoms with van der Waals surface area (Å²) < 4.78 is 64.3. The summed E-state index contributed by atoms with van der Waals surface area (Å²) in [7, 11) is -3.53. The smallest absolute Gasteiger partial charge is 0.381 e. The van der Waals surface area contributed by atoms with E-state index < -0.39 is 26.5 Å². The summed E-state index contributed by atoms with van der Waals surface area (Å²) in [5.41, 5.74) is 2.96. The van der Waals surface area contributed by atoms with Crippen LogP contribution in [0, 0.1) is 13.8 Å². The van der Waals surface area contributed by atoms with Crippen LogP contribution in [0.1, 0.15) is 43.0 Å². The Morgan fingerprint density at radius 1 is 0.929 bits per heavy atom. The Morgan fingerprint density at radius 3 is 2.00 bits per heavy atom. The molecule has 0 spiro atoms. The molecule has 0 aliphatic rings. The van der Waals surface area contributed by atoms with E-state index in [4.69, 9.17) is 0 Å². The summed E-state index contributed by atoms with van der Waals surface area (Å²) >= 11 is 0. The van der Waals surface area contributed by atoms with Crippen LogP contribution in [-0.2, 0) is 22.7 Å². The predicted octanol–water partition coefficient (Wildman–Crippen LogP) is 5.47. The molecular formula is C20H25F3N2O2S. The van der Waals surface area contributed by atoms with Crippen molar-refractivity contribution in [3.63, 3.8) is 0 Å². The molecule has 0 radical (unpaired) electrons. The van der Waals surface area contributed by atoms with Crippen molar-refractivity contribution in [2.75, 3.05) is 10.0 Å². The lowest BCUT2D eigenvalue weighted by molar-refractivity contribution is -0.137. The van der Waals surface area contributed by atoms with Gasteiger partial charge in [-0.1, -0.05) is 6.07 Å². The van der Waals surface area contributed by atoms with E-state index in [-0.39, 0.29) is 0 Å². The number of alkyl halides is 3. The second kappa shape index (κ2) is 7.66. The Labute approximate surface area is 164 Å². The number of aryl methyl sites for hydroxylation is 2. The van der Waals surface area contributed by atoms with Gasteiger partial charge in [0.25, 0.3) is 0 Å². The number of hydrogen-bond acceptors (Lipinski definition) is 3. The van der Waals surface area contributed by atoms with Crippen LogP contribution in [0.15, 0.2) is 36.4 Å². The zero-order chi connectivity index (χ0) is 21.3. The van der Waals surface area contributed by atoms with Crippen molar-refractivity contribution in [3.8, 4) is 0 Å². The summed E-state index contributed by atoms with van der Waals surface area (Å²) in [4.78, 5) is 0. The van der Waals surface area contributed by atoms with Crippen molar-refractivity contribution in [1.29, 1.82) is 0 Å². The van der Waals surface area contributed by atoms with Gasteiger partial charge < -0.3 is 5.32 Å². The molecule has 28 heavy (non-hydrogen) atoms. The van der Waals surface area contributed by atoms with Gasteiger partial charge in [-0.05, 0) is 81.6 Å². The SMILES string of the molecule is Cc1cc(NS(=O)(=O)C(C)(C)C)c(C)cc1CNc1ccc(C(F)(F)F)cc1. The monoisotopic (exact) mass is 414 g/mol. The van der Waals surface area contributed by atoms with Gasteiger partial charge in [-0.25, -0.2) is 8.42 Å². The molecule has 0 heterocycles. The fourth-order valence-electron chi connectivity index (χ4n) is 2.45. The zero-order valence-electron chi connectivity index (χ0n) is 16.5. The highest BCUT2D eigenvalue weighted by Gasteiger charge is 2.30. The Bertz CT molecular complexity index is 945. The van der Waals surface area contributed by atoms with E-state index in [0.29, 0.717) is 17.9 Å². The molecule has 0 fully saturated rings. The highest BCUT2D eigenvalue weighted by atomic mass is 32.2. The van der Waals surface area contributed by atoms with E-state index >= 15 is 0 Å². The van der Waals surface area contributed by atoms with Gasteiger partial charge in [0.1, 0.15) is 0 Å². The lowest BCUT2D eigenvalue weighted by atomic mass is 10.0. The maximum absolute atomic E-state index is 12.6. The molecule has 0 unspecified atom stereocenters. The number of halogens is 3. The second-order valence-electron chi connectivity index (χ2n) is 7.74. The van der Waals surface area contributed by atoms with Crippen LogP contribution in [0.5, 0.6) is 0 Å². The van der Waals surface area contributed by atoms with E-state index in [1.807, 2.05) is 19.9 Å². The first-order valence-corrected chi connectivity index (χ1v) is 10.2. The zero-order valence-corrected chi connectivity index (χ0v) is 17.3. The largest absolute Gasteiger partial charge is 0.416 e. The average Bonchev–Trinajstić information content (AvgIpc) is 2.55. The topological polar surface area (TPSA) is 58.2 Å². The van der Waals surface area contributed by atoms with Gasteiger partial charge in [-0.2, -0.15) is 13.2 Å². The number of rotatable bonds is 5. The van der Waals surface area contributed by atoms with E-state index in [0.717, 1.165) is 28.8 Å². The van der Waals surface area contributed by atoms with Gasteiger partial charge in [0.05, 0.1) is 16.0 Å². The van der Waals surface area contributed by atoms with E-state index in [9.17, 15) is 21.6 Å². The summed E-state index contributed by atoms with van der Waals surface area (Å²) in [5, 5.41) is 3.09. The lowest BCUT2D eigenvalue weighted by Crippen LogP contribution is -2.34. The van der Waals surface area contributed by atoms with Crippen LogP contribution < -0.4 is 10.0 Å². The van der Waals surface area contributed by atoms with E-state index in [1.165, 1.54) is 12.1 Å². The number of hydrogen-bond donors (Lipinski definition) is 2. The predicted molar refractivity (Wildman–Crippen MR) is 107 cm³/mol. The first-order valence-electron chi connectivity index (χ1n) is 8.74. The molecule has 2 N–H and O–H groups in total. The van der Waals surface area contributed by atoms with E-state index in [2.05, 4.69) is 10.0 Å². The first kappa shape index (κ1) is 22.1. The van der Waals surface area contributed by atoms with Crippen LogP contribution >= 0.6 is 0 Å². The van der Waals surface area contributed by atoms with Crippen LogP contribution in [0.4, 0.5) is 24.5 Å². The molecule has 4 nitrogen and oxygen atoms in total. The molecule has 0 amide bonds. The lowest BCUT2D eigenvalue weighted by Gasteiger charge is -2.22. The molecule has 0 aliphatic carbocycles. The van der Waals surface area contributed by atoms with Crippen molar-refractivity contribution in [3.05, 3.63) is 58.7 Å². The van der Waals surface area contributed by atoms with Crippen LogP contribution in [-0.4, -0.2) is 13.2 Å². The summed E-state index contributed by atoms with van der Waals surface area (Å²) in [5.74, 6) is 0. The summed E-state index contributed by atoms with van der Waals surface area (Å²) in [6, 6.07) is 8.47. The molecule has 2 aromatic carbocycles. The van der Waals surface area contributed by atoms with Crippen LogP contribution in [0.25, 0.3) is 0 Å². The van der Waals surface area contributed by atoms with Crippen molar-refractivity contribution < 1.29 is 21.6 Å². The number of sulfonamides is 1. The molecule has 0 aliphatic heterocycles. The normalized spacial score (nSPS) is 12.7. The molecule has 0 aromatic heterocycles. The third kappa shape index (κ3) is 5.19. The van der Waals surface area contributed by atoms with Crippen molar-refractivity contribution in [2.45, 2.75) is 52.1 Å². The average molecular weight is 414 g/mol. The first-order chi connectivity index (χ1) is 12.7. The van der Waals surface area contributed by atoms with Crippen molar-refractivity contribution in [1.82, 2.24) is 0 Å². The Balaban J connectivity index is 2.15. The molecule has 2 rings (SSSR count). The van der Waals surface area contributed by atoms with Gasteiger partial charge in [0, 0.05) is 12.2 Å². The fraction of sp³-hybridized carbons (Fsp3) is 0.400. The standard InChI is InChI=1S/C20H25F3N2O2S/c1-13-11-18(25-28(26,27)19(3,4)5)14(2)10-15(13)12-24-17-8-6-16(7-9-17)20(21,22)23/h6-11,24-25H,12H2,1-5H3. The number of anilines is 2. The molecule has 0 saturated heterocycles. The Morgan fingerprint density at radius 2 is 1.50 bits per heavy atom. The van der Waals surface area contributed by atoms with Gasteiger partial charge >= 0.3 is 6.18 Å². The highest BCUT2D eigenvalue weighted by Crippen LogP contribution is 2.30. The number of benzene rings is 2. The molecule has 0 bridgehead atoms. The molecule has 8 heteroatoms. The van der Waals surface area contributed by atoms with Gasteiger partial charge in [0.2, 0.25) is 10.0 Å². The van der Waals surface area contributed by atoms with Gasteiger partial charge in [0.15, 0.2) is 0 Å². The molecule has 0 saturated carbocycles. The minimum atomic E-state index is -4.36. The molecular weight excluding hydrogens is 389 g/mol. The maximum atomic E-state index is 12.6. The third-order valence-corrected chi connectivity index (χ3v) is 6.53. The van der Waals surface area contributed by atoms with Crippen LogP contribution in [0.3, 0.4) is 0 Å². The third-order valence-electron chi connectivity index (χ3n) is 4.43. The minimum Gasteiger partial charge on any atom is -0.381 e. The number of nitrogens with one attached hydrogen (secondary N) is 2. The Kier molecular flexibility index (Phi) is 6.04. The quantitative estimate of drug-likeness (QED) is 0.682. The van der Waals surface area contributed by atoms with E-state index in [1.54, 1.807) is 26.8 Å². The van der Waals surface area contributed by atoms with Crippen molar-refractivity contribution >= 4 is 21.4 Å².